The average Bonchev–Trinajstić information content (AvgIpc) is 3.64. The van der Waals surface area contributed by atoms with E-state index in [1.54, 1.807) is 11.1 Å². The number of aromatic nitrogens is 1. The number of rotatable bonds is 4. The Morgan fingerprint density at radius 3 is 2.00 bits per heavy atom. The van der Waals surface area contributed by atoms with Crippen LogP contribution in [0.15, 0.2) is 42.6 Å². The smallest absolute Gasteiger partial charge is 0.200 e. The molecule has 0 bridgehead atoms. The Balaban J connectivity index is 1.55. The lowest BCUT2D eigenvalue weighted by Crippen LogP contribution is -2.31. The molecule has 3 aliphatic rings. The highest BCUT2D eigenvalue weighted by Gasteiger charge is 2.28. The molecule has 3 saturated carbocycles. The number of hydrogen-bond donors (Lipinski definition) is 0. The molecule has 0 N–H and O–H groups in total. The summed E-state index contributed by atoms with van der Waals surface area (Å²) in [5.41, 5.74) is 8.72. The largest absolute Gasteiger partial charge is 0.220 e. The van der Waals surface area contributed by atoms with E-state index in [1.165, 1.54) is 110 Å². The molecule has 0 saturated heterocycles. The van der Waals surface area contributed by atoms with Gasteiger partial charge >= 0.3 is 0 Å². The Labute approximate surface area is 201 Å². The van der Waals surface area contributed by atoms with Gasteiger partial charge in [-0.2, -0.15) is 0 Å². The van der Waals surface area contributed by atoms with E-state index in [0.29, 0.717) is 23.9 Å². The number of benzene rings is 2. The fraction of sp³-hybridized carbons (Fsp3) is 0.531. The van der Waals surface area contributed by atoms with Crippen LogP contribution in [-0.2, 0) is 7.05 Å². The first-order valence-electron chi connectivity index (χ1n) is 14.2. The van der Waals surface area contributed by atoms with Crippen molar-refractivity contribution in [2.75, 3.05) is 0 Å². The summed E-state index contributed by atoms with van der Waals surface area (Å²) < 4.78 is 11.0. The Morgan fingerprint density at radius 1 is 0.727 bits per heavy atom. The Bertz CT molecular complexity index is 1210. The van der Waals surface area contributed by atoms with E-state index in [0.717, 1.165) is 0 Å². The molecule has 0 atom stereocenters. The van der Waals surface area contributed by atoms with Crippen LogP contribution in [0.1, 0.15) is 118 Å². The lowest BCUT2D eigenvalue weighted by molar-refractivity contribution is -0.659. The van der Waals surface area contributed by atoms with Crippen LogP contribution < -0.4 is 4.57 Å². The van der Waals surface area contributed by atoms with Gasteiger partial charge in [-0.1, -0.05) is 56.7 Å². The summed E-state index contributed by atoms with van der Waals surface area (Å²) in [6.45, 7) is 2.36. The van der Waals surface area contributed by atoms with Crippen LogP contribution in [0.2, 0.25) is 0 Å². The first-order chi connectivity index (χ1) is 16.6. The molecule has 1 nitrogen and oxygen atoms in total. The maximum Gasteiger partial charge on any atom is 0.220 e. The summed E-state index contributed by atoms with van der Waals surface area (Å²) in [6, 6.07) is 14.4. The summed E-state index contributed by atoms with van der Waals surface area (Å²) in [6.07, 6.45) is 16.8. The quantitative estimate of drug-likeness (QED) is 0.358. The summed E-state index contributed by atoms with van der Waals surface area (Å²) in [5.74, 6) is 2.13. The van der Waals surface area contributed by atoms with Gasteiger partial charge in [0.2, 0.25) is 5.69 Å². The van der Waals surface area contributed by atoms with E-state index >= 15 is 0 Å². The lowest BCUT2D eigenvalue weighted by Gasteiger charge is -2.21. The number of fused-ring (bicyclic) bond motifs is 1. The maximum absolute atomic E-state index is 8.85. The van der Waals surface area contributed by atoms with Crippen LogP contribution in [0.4, 0.5) is 0 Å². The van der Waals surface area contributed by atoms with Gasteiger partial charge in [0.1, 0.15) is 8.42 Å². The molecule has 0 radical (unpaired) electrons. The highest BCUT2D eigenvalue weighted by atomic mass is 14.9. The zero-order chi connectivity index (χ0) is 23.2. The molecule has 2 aromatic carbocycles. The molecule has 6 rings (SSSR count). The molecule has 1 heteroatoms. The second kappa shape index (κ2) is 8.90. The van der Waals surface area contributed by atoms with Crippen molar-refractivity contribution in [2.45, 2.75) is 102 Å². The van der Waals surface area contributed by atoms with E-state index < -0.39 is 0 Å². The highest BCUT2D eigenvalue weighted by Crippen LogP contribution is 2.44. The fourth-order valence-electron chi connectivity index (χ4n) is 7.33. The van der Waals surface area contributed by atoms with Crippen molar-refractivity contribution in [1.29, 1.82) is 0 Å². The SMILES string of the molecule is [2H]c1cc2cc(C3CCCC3)ccc2c(-c2cc(C3CCCC3)cc(C3CCCC3)c2C)[n+]1C. The molecule has 3 aromatic rings. The zero-order valence-corrected chi connectivity index (χ0v) is 20.6. The van der Waals surface area contributed by atoms with Crippen LogP contribution in [0.5, 0.6) is 0 Å². The van der Waals surface area contributed by atoms with Gasteiger partial charge in [-0.05, 0) is 103 Å². The molecular formula is C32H40N+. The summed E-state index contributed by atoms with van der Waals surface area (Å²) >= 11 is 0. The van der Waals surface area contributed by atoms with Gasteiger partial charge in [0.25, 0.3) is 0 Å². The fourth-order valence-corrected chi connectivity index (χ4v) is 7.33. The zero-order valence-electron chi connectivity index (χ0n) is 21.6. The number of pyridine rings is 1. The second-order valence-corrected chi connectivity index (χ2v) is 11.3. The molecule has 3 fully saturated rings. The third-order valence-electron chi connectivity index (χ3n) is 9.25. The van der Waals surface area contributed by atoms with E-state index in [-0.39, 0.29) is 0 Å². The van der Waals surface area contributed by atoms with Gasteiger partial charge in [-0.25, -0.2) is 4.57 Å². The molecule has 0 unspecified atom stereocenters. The Morgan fingerprint density at radius 2 is 1.33 bits per heavy atom. The first-order valence-corrected chi connectivity index (χ1v) is 13.7. The standard InChI is InChI=1S/C32H40N/c1-22-30(25-13-7-8-14-25)20-28(24-11-5-6-12-24)21-31(22)32-29-16-15-26(23-9-3-4-10-23)19-27(29)17-18-33(32)2/h15-21,23-25H,3-14H2,1-2H3/q+1/i18D. The molecule has 1 aromatic heterocycles. The summed E-state index contributed by atoms with van der Waals surface area (Å²) in [7, 11) is 2.10. The average molecular weight is 440 g/mol. The van der Waals surface area contributed by atoms with Crippen LogP contribution in [-0.4, -0.2) is 0 Å². The van der Waals surface area contributed by atoms with Gasteiger partial charge in [-0.3, -0.25) is 0 Å². The van der Waals surface area contributed by atoms with Gasteiger partial charge in [0.15, 0.2) is 6.17 Å². The maximum atomic E-state index is 8.85. The van der Waals surface area contributed by atoms with Crippen molar-refractivity contribution in [1.82, 2.24) is 0 Å². The van der Waals surface area contributed by atoms with E-state index in [9.17, 15) is 0 Å². The van der Waals surface area contributed by atoms with Crippen LogP contribution >= 0.6 is 0 Å². The second-order valence-electron chi connectivity index (χ2n) is 11.3. The minimum atomic E-state index is 0.610. The van der Waals surface area contributed by atoms with Crippen molar-refractivity contribution >= 4 is 10.8 Å². The molecule has 0 amide bonds. The van der Waals surface area contributed by atoms with Gasteiger partial charge in [0.05, 0.1) is 10.9 Å². The van der Waals surface area contributed by atoms with Crippen LogP contribution in [0.3, 0.4) is 0 Å². The van der Waals surface area contributed by atoms with Crippen molar-refractivity contribution < 1.29 is 5.94 Å². The minimum absolute atomic E-state index is 0.610. The summed E-state index contributed by atoms with van der Waals surface area (Å²) in [4.78, 5) is 0. The molecule has 0 spiro atoms. The predicted molar refractivity (Wildman–Crippen MR) is 139 cm³/mol. The van der Waals surface area contributed by atoms with E-state index in [2.05, 4.69) is 54.9 Å². The first kappa shape index (κ1) is 20.2. The molecule has 1 heterocycles. The number of hydrogen-bond acceptors (Lipinski definition) is 0. The Hall–Kier alpha value is -2.15. The van der Waals surface area contributed by atoms with Crippen LogP contribution in [0.25, 0.3) is 22.0 Å². The molecular weight excluding hydrogens is 398 g/mol. The van der Waals surface area contributed by atoms with Crippen molar-refractivity contribution in [3.05, 3.63) is 64.8 Å². The molecule has 172 valence electrons. The topological polar surface area (TPSA) is 3.88 Å². The van der Waals surface area contributed by atoms with Crippen molar-refractivity contribution in [3.63, 3.8) is 0 Å². The molecule has 0 aliphatic heterocycles. The predicted octanol–water partition coefficient (Wildman–Crippen LogP) is 8.61. The third kappa shape index (κ3) is 3.92. The van der Waals surface area contributed by atoms with E-state index in [4.69, 9.17) is 1.37 Å². The summed E-state index contributed by atoms with van der Waals surface area (Å²) in [5, 5.41) is 2.56. The number of nitrogens with zero attached hydrogens (tertiary/aromatic N) is 1. The van der Waals surface area contributed by atoms with Gasteiger partial charge in [0, 0.05) is 6.07 Å². The van der Waals surface area contributed by atoms with E-state index in [1.807, 2.05) is 0 Å². The minimum Gasteiger partial charge on any atom is -0.200 e. The molecule has 3 aliphatic carbocycles. The van der Waals surface area contributed by atoms with Crippen molar-refractivity contribution in [3.8, 4) is 11.3 Å². The Kier molecular flexibility index (Phi) is 5.46. The van der Waals surface area contributed by atoms with Gasteiger partial charge in [-0.15, -0.1) is 0 Å². The molecule has 33 heavy (non-hydrogen) atoms. The van der Waals surface area contributed by atoms with Crippen molar-refractivity contribution in [2.24, 2.45) is 7.05 Å². The lowest BCUT2D eigenvalue weighted by atomic mass is 9.83. The normalized spacial score (nSPS) is 20.8. The highest BCUT2D eigenvalue weighted by molar-refractivity contribution is 5.94. The van der Waals surface area contributed by atoms with Gasteiger partial charge < -0.3 is 0 Å². The third-order valence-corrected chi connectivity index (χ3v) is 9.25. The monoisotopic (exact) mass is 439 g/mol. The van der Waals surface area contributed by atoms with Crippen LogP contribution in [0, 0.1) is 6.92 Å².